The molecule has 0 radical (unpaired) electrons. The first-order valence-corrected chi connectivity index (χ1v) is 14.2. The number of likely N-dealkylation sites (N-methyl/N-ethyl adjacent to an activating group) is 1. The van der Waals surface area contributed by atoms with Crippen LogP contribution in [0.1, 0.15) is 38.3 Å². The molecule has 3 aromatic carbocycles. The molecule has 0 bridgehead atoms. The number of carbonyl (C=O) groups excluding carboxylic acids is 3. The molecule has 0 spiro atoms. The summed E-state index contributed by atoms with van der Waals surface area (Å²) in [6, 6.07) is 22.8. The maximum Gasteiger partial charge on any atom is 0.246 e. The Hall–Kier alpha value is -4.37. The van der Waals surface area contributed by atoms with Crippen LogP contribution in [-0.2, 0) is 27.3 Å². The molecule has 0 saturated carbocycles. The van der Waals surface area contributed by atoms with Crippen LogP contribution in [-0.4, -0.2) is 65.3 Å². The molecular formula is C33H40N4O5. The summed E-state index contributed by atoms with van der Waals surface area (Å²) >= 11 is 0. The summed E-state index contributed by atoms with van der Waals surface area (Å²) in [6.45, 7) is 6.29. The van der Waals surface area contributed by atoms with Gasteiger partial charge in [-0.15, -0.1) is 0 Å². The van der Waals surface area contributed by atoms with Crippen LogP contribution in [0, 0.1) is 0 Å². The zero-order chi connectivity index (χ0) is 30.3. The Balaban J connectivity index is 1.53. The number of benzene rings is 3. The second kappa shape index (κ2) is 13.5. The highest BCUT2D eigenvalue weighted by Crippen LogP contribution is 2.24. The minimum absolute atomic E-state index is 0.0530. The van der Waals surface area contributed by atoms with E-state index < -0.39 is 17.6 Å². The summed E-state index contributed by atoms with van der Waals surface area (Å²) < 4.78 is 11.4. The van der Waals surface area contributed by atoms with Crippen molar-refractivity contribution in [1.82, 2.24) is 15.1 Å². The van der Waals surface area contributed by atoms with Gasteiger partial charge < -0.3 is 30.3 Å². The van der Waals surface area contributed by atoms with Gasteiger partial charge in [0.05, 0.1) is 6.61 Å². The van der Waals surface area contributed by atoms with Crippen LogP contribution in [0.3, 0.4) is 0 Å². The van der Waals surface area contributed by atoms with Crippen molar-refractivity contribution in [3.8, 4) is 17.2 Å². The lowest BCUT2D eigenvalue weighted by molar-refractivity contribution is -0.152. The molecule has 3 N–H and O–H groups in total. The van der Waals surface area contributed by atoms with Crippen LogP contribution in [0.15, 0.2) is 78.9 Å². The molecular weight excluding hydrogens is 532 g/mol. The lowest BCUT2D eigenvalue weighted by Gasteiger charge is -2.40. The number of nitrogens with one attached hydrogen (secondary N) is 1. The van der Waals surface area contributed by atoms with Crippen molar-refractivity contribution in [2.24, 2.45) is 5.73 Å². The first-order valence-electron chi connectivity index (χ1n) is 14.2. The molecule has 3 amide bonds. The van der Waals surface area contributed by atoms with E-state index in [1.54, 1.807) is 25.8 Å². The number of para-hydroxylation sites is 1. The molecule has 0 unspecified atom stereocenters. The third kappa shape index (κ3) is 8.33. The van der Waals surface area contributed by atoms with Gasteiger partial charge >= 0.3 is 0 Å². The number of ether oxygens (including phenoxy) is 2. The average Bonchev–Trinajstić information content (AvgIpc) is 2.95. The van der Waals surface area contributed by atoms with Gasteiger partial charge in [-0.05, 0) is 68.3 Å². The molecule has 4 rings (SSSR count). The van der Waals surface area contributed by atoms with E-state index in [9.17, 15) is 14.4 Å². The predicted octanol–water partition coefficient (Wildman–Crippen LogP) is 3.90. The molecule has 222 valence electrons. The van der Waals surface area contributed by atoms with Gasteiger partial charge in [-0.1, -0.05) is 42.5 Å². The van der Waals surface area contributed by atoms with Crippen molar-refractivity contribution in [3.63, 3.8) is 0 Å². The van der Waals surface area contributed by atoms with E-state index in [0.717, 1.165) is 22.6 Å². The summed E-state index contributed by atoms with van der Waals surface area (Å²) in [5, 5.41) is 2.91. The minimum atomic E-state index is -0.857. The SMILES string of the molecule is CCOc1ccc(C[C@@H]2NC(=O)[C@H](CN(C)C(=O)CC(C)(C)N)N(Cc3ccc(Oc4ccccc4)cc3)C2=O)cc1. The van der Waals surface area contributed by atoms with Crippen LogP contribution in [0.2, 0.25) is 0 Å². The largest absolute Gasteiger partial charge is 0.494 e. The van der Waals surface area contributed by atoms with Gasteiger partial charge in [-0.25, -0.2) is 0 Å². The van der Waals surface area contributed by atoms with Gasteiger partial charge in [-0.2, -0.15) is 0 Å². The number of nitrogens with zero attached hydrogens (tertiary/aromatic N) is 2. The van der Waals surface area contributed by atoms with Gasteiger partial charge in [0.25, 0.3) is 0 Å². The lowest BCUT2D eigenvalue weighted by Crippen LogP contribution is -2.66. The minimum Gasteiger partial charge on any atom is -0.494 e. The fourth-order valence-corrected chi connectivity index (χ4v) is 4.83. The number of nitrogens with two attached hydrogens (primary N) is 1. The van der Waals surface area contributed by atoms with E-state index in [-0.39, 0.29) is 37.2 Å². The molecule has 3 aromatic rings. The number of piperazine rings is 1. The molecule has 9 nitrogen and oxygen atoms in total. The fourth-order valence-electron chi connectivity index (χ4n) is 4.83. The zero-order valence-electron chi connectivity index (χ0n) is 24.7. The first-order chi connectivity index (χ1) is 20.0. The standard InChI is InChI=1S/C33H40N4O5/c1-5-41-25-15-11-23(12-16-25)19-28-32(40)37(29(31(39)35-28)22-36(4)30(38)20-33(2,3)34)21-24-13-17-27(18-14-24)42-26-9-7-6-8-10-26/h6-18,28-29H,5,19-22,34H2,1-4H3,(H,35,39)/t28-,29-/m0/s1. The van der Waals surface area contributed by atoms with Crippen molar-refractivity contribution < 1.29 is 23.9 Å². The number of hydrogen-bond acceptors (Lipinski definition) is 6. The van der Waals surface area contributed by atoms with E-state index in [0.29, 0.717) is 18.8 Å². The molecule has 2 atom stereocenters. The maximum absolute atomic E-state index is 13.9. The summed E-state index contributed by atoms with van der Waals surface area (Å²) in [6.07, 6.45) is 0.454. The zero-order valence-corrected chi connectivity index (χ0v) is 24.7. The average molecular weight is 573 g/mol. The summed E-state index contributed by atoms with van der Waals surface area (Å²) in [7, 11) is 1.63. The second-order valence-corrected chi connectivity index (χ2v) is 11.3. The monoisotopic (exact) mass is 572 g/mol. The Morgan fingerprint density at radius 1 is 0.929 bits per heavy atom. The third-order valence-corrected chi connectivity index (χ3v) is 6.99. The smallest absolute Gasteiger partial charge is 0.246 e. The van der Waals surface area contributed by atoms with Crippen molar-refractivity contribution in [2.75, 3.05) is 20.2 Å². The van der Waals surface area contributed by atoms with E-state index in [1.807, 2.05) is 85.8 Å². The van der Waals surface area contributed by atoms with Crippen LogP contribution < -0.4 is 20.5 Å². The van der Waals surface area contributed by atoms with E-state index in [4.69, 9.17) is 15.2 Å². The normalized spacial score (nSPS) is 17.0. The van der Waals surface area contributed by atoms with Gasteiger partial charge in [0.1, 0.15) is 29.3 Å². The third-order valence-electron chi connectivity index (χ3n) is 6.99. The highest BCUT2D eigenvalue weighted by Gasteiger charge is 2.41. The highest BCUT2D eigenvalue weighted by molar-refractivity contribution is 5.97. The van der Waals surface area contributed by atoms with Gasteiger partial charge in [-0.3, -0.25) is 14.4 Å². The lowest BCUT2D eigenvalue weighted by atomic mass is 9.98. The van der Waals surface area contributed by atoms with Crippen molar-refractivity contribution in [2.45, 2.75) is 57.8 Å². The molecule has 1 saturated heterocycles. The number of carbonyl (C=O) groups is 3. The highest BCUT2D eigenvalue weighted by atomic mass is 16.5. The van der Waals surface area contributed by atoms with Gasteiger partial charge in [0.2, 0.25) is 17.7 Å². The van der Waals surface area contributed by atoms with E-state index >= 15 is 0 Å². The van der Waals surface area contributed by atoms with Crippen molar-refractivity contribution in [1.29, 1.82) is 0 Å². The molecule has 9 heteroatoms. The van der Waals surface area contributed by atoms with E-state index in [2.05, 4.69) is 5.32 Å². The Morgan fingerprint density at radius 3 is 2.14 bits per heavy atom. The van der Waals surface area contributed by atoms with Crippen molar-refractivity contribution >= 4 is 17.7 Å². The molecule has 42 heavy (non-hydrogen) atoms. The second-order valence-electron chi connectivity index (χ2n) is 11.3. The fraction of sp³-hybridized carbons (Fsp3) is 0.364. The number of amides is 3. The Kier molecular flexibility index (Phi) is 9.85. The summed E-state index contributed by atoms with van der Waals surface area (Å²) in [5.41, 5.74) is 7.09. The predicted molar refractivity (Wildman–Crippen MR) is 161 cm³/mol. The van der Waals surface area contributed by atoms with E-state index in [1.165, 1.54) is 4.90 Å². The van der Waals surface area contributed by atoms with Crippen LogP contribution in [0.5, 0.6) is 17.2 Å². The molecule has 0 aromatic heterocycles. The topological polar surface area (TPSA) is 114 Å². The maximum atomic E-state index is 13.9. The molecule has 1 aliphatic heterocycles. The van der Waals surface area contributed by atoms with Gasteiger partial charge in [0.15, 0.2) is 0 Å². The quantitative estimate of drug-likeness (QED) is 0.340. The number of hydrogen-bond donors (Lipinski definition) is 2. The first kappa shape index (κ1) is 30.6. The van der Waals surface area contributed by atoms with Crippen LogP contribution in [0.25, 0.3) is 0 Å². The van der Waals surface area contributed by atoms with Crippen LogP contribution in [0.4, 0.5) is 0 Å². The summed E-state index contributed by atoms with van der Waals surface area (Å²) in [4.78, 5) is 43.2. The van der Waals surface area contributed by atoms with Crippen LogP contribution >= 0.6 is 0 Å². The molecule has 1 heterocycles. The molecule has 1 aliphatic rings. The Bertz CT molecular complexity index is 1350. The molecule has 0 aliphatic carbocycles. The Labute approximate surface area is 247 Å². The molecule has 1 fully saturated rings. The summed E-state index contributed by atoms with van der Waals surface area (Å²) in [5.74, 6) is 1.42. The van der Waals surface area contributed by atoms with Crippen molar-refractivity contribution in [3.05, 3.63) is 90.0 Å². The Morgan fingerprint density at radius 2 is 1.52 bits per heavy atom. The van der Waals surface area contributed by atoms with Gasteiger partial charge in [0, 0.05) is 38.5 Å². The number of rotatable bonds is 12.